The molecule has 0 saturated heterocycles. The fourth-order valence-electron chi connectivity index (χ4n) is 3.46. The summed E-state index contributed by atoms with van der Waals surface area (Å²) in [6.45, 7) is 8.72. The average Bonchev–Trinajstić information content (AvgIpc) is 2.67. The number of benzene rings is 3. The van der Waals surface area contributed by atoms with Crippen LogP contribution in [0.25, 0.3) is 10.8 Å². The third kappa shape index (κ3) is 4.16. The minimum Gasteiger partial charge on any atom is -0.294 e. The van der Waals surface area contributed by atoms with E-state index in [1.54, 1.807) is 6.21 Å². The monoisotopic (exact) mass is 357 g/mol. The van der Waals surface area contributed by atoms with Gasteiger partial charge in [0, 0.05) is 18.2 Å². The molecule has 0 bridgehead atoms. The van der Waals surface area contributed by atoms with Crippen LogP contribution in [0.3, 0.4) is 0 Å². The lowest BCUT2D eigenvalue weighted by atomic mass is 9.93. The predicted molar refractivity (Wildman–Crippen MR) is 116 cm³/mol. The standard InChI is InChI=1S/C25H27NO/c1-17(2)20-12-8-13-21(18(3)4)25(20)26-16-15-24(27)23-14-7-10-19-9-5-6-11-22(19)23/h5-14,16-18H,15H2,1-4H3. The van der Waals surface area contributed by atoms with E-state index in [9.17, 15) is 4.79 Å². The molecule has 0 radical (unpaired) electrons. The molecular formula is C25H27NO. The SMILES string of the molecule is CC(C)c1cccc(C(C)C)c1N=CCC(=O)c1cccc2ccccc12. The maximum absolute atomic E-state index is 12.8. The fourth-order valence-corrected chi connectivity index (χ4v) is 3.46. The maximum Gasteiger partial charge on any atom is 0.168 e. The minimum absolute atomic E-state index is 0.101. The first kappa shape index (κ1) is 19.0. The van der Waals surface area contributed by atoms with Crippen molar-refractivity contribution in [2.45, 2.75) is 46.0 Å². The molecule has 0 unspecified atom stereocenters. The molecule has 0 aliphatic heterocycles. The largest absolute Gasteiger partial charge is 0.294 e. The molecule has 3 rings (SSSR count). The Morgan fingerprint density at radius 1 is 0.852 bits per heavy atom. The first-order valence-corrected chi connectivity index (χ1v) is 9.65. The molecule has 0 N–H and O–H groups in total. The Morgan fingerprint density at radius 3 is 2.11 bits per heavy atom. The average molecular weight is 357 g/mol. The Hall–Kier alpha value is -2.74. The second-order valence-corrected chi connectivity index (χ2v) is 7.56. The normalized spacial score (nSPS) is 11.8. The number of Topliss-reactive ketones (excluding diaryl/α,β-unsaturated/α-hetero) is 1. The van der Waals surface area contributed by atoms with Crippen LogP contribution in [0.5, 0.6) is 0 Å². The number of hydrogen-bond acceptors (Lipinski definition) is 2. The molecule has 0 aromatic heterocycles. The van der Waals surface area contributed by atoms with Gasteiger partial charge in [-0.1, -0.05) is 88.4 Å². The van der Waals surface area contributed by atoms with Crippen molar-refractivity contribution in [1.82, 2.24) is 0 Å². The molecule has 27 heavy (non-hydrogen) atoms. The summed E-state index contributed by atoms with van der Waals surface area (Å²) in [6, 6.07) is 20.3. The number of para-hydroxylation sites is 1. The van der Waals surface area contributed by atoms with Gasteiger partial charge in [-0.3, -0.25) is 9.79 Å². The lowest BCUT2D eigenvalue weighted by Gasteiger charge is -2.16. The lowest BCUT2D eigenvalue weighted by Crippen LogP contribution is -2.01. The van der Waals surface area contributed by atoms with E-state index in [1.807, 2.05) is 42.5 Å². The zero-order valence-electron chi connectivity index (χ0n) is 16.6. The molecule has 0 aliphatic carbocycles. The quantitative estimate of drug-likeness (QED) is 0.343. The molecule has 3 aromatic rings. The highest BCUT2D eigenvalue weighted by Gasteiger charge is 2.13. The lowest BCUT2D eigenvalue weighted by molar-refractivity contribution is 0.100. The van der Waals surface area contributed by atoms with Gasteiger partial charge in [0.2, 0.25) is 0 Å². The van der Waals surface area contributed by atoms with Gasteiger partial charge in [0.25, 0.3) is 0 Å². The third-order valence-corrected chi connectivity index (χ3v) is 4.93. The maximum atomic E-state index is 12.8. The van der Waals surface area contributed by atoms with E-state index in [0.717, 1.165) is 22.0 Å². The number of rotatable bonds is 6. The van der Waals surface area contributed by atoms with E-state index in [-0.39, 0.29) is 5.78 Å². The van der Waals surface area contributed by atoms with Gasteiger partial charge in [-0.2, -0.15) is 0 Å². The first-order valence-electron chi connectivity index (χ1n) is 9.65. The summed E-state index contributed by atoms with van der Waals surface area (Å²) in [7, 11) is 0. The molecule has 0 heterocycles. The predicted octanol–water partition coefficient (Wildman–Crippen LogP) is 7.06. The van der Waals surface area contributed by atoms with Crippen molar-refractivity contribution in [3.63, 3.8) is 0 Å². The van der Waals surface area contributed by atoms with Crippen molar-refractivity contribution >= 4 is 28.5 Å². The second kappa shape index (κ2) is 8.30. The van der Waals surface area contributed by atoms with E-state index in [4.69, 9.17) is 4.99 Å². The molecule has 0 aliphatic rings. The molecule has 0 saturated carbocycles. The summed E-state index contributed by atoms with van der Waals surface area (Å²) in [5, 5.41) is 2.09. The minimum atomic E-state index is 0.101. The molecule has 3 aromatic carbocycles. The Balaban J connectivity index is 1.88. The summed E-state index contributed by atoms with van der Waals surface area (Å²) in [4.78, 5) is 17.5. The number of aliphatic imine (C=N–C) groups is 1. The van der Waals surface area contributed by atoms with Crippen LogP contribution in [0, 0.1) is 0 Å². The Bertz CT molecular complexity index is 951. The van der Waals surface area contributed by atoms with Crippen LogP contribution in [0.2, 0.25) is 0 Å². The number of hydrogen-bond donors (Lipinski definition) is 0. The molecule has 0 amide bonds. The Morgan fingerprint density at radius 2 is 1.44 bits per heavy atom. The van der Waals surface area contributed by atoms with Crippen molar-refractivity contribution < 1.29 is 4.79 Å². The highest BCUT2D eigenvalue weighted by Crippen LogP contribution is 2.34. The van der Waals surface area contributed by atoms with Gasteiger partial charge in [0.05, 0.1) is 5.69 Å². The molecule has 0 atom stereocenters. The van der Waals surface area contributed by atoms with Gasteiger partial charge in [-0.25, -0.2) is 0 Å². The summed E-state index contributed by atoms with van der Waals surface area (Å²) in [6.07, 6.45) is 2.08. The highest BCUT2D eigenvalue weighted by molar-refractivity contribution is 6.12. The third-order valence-electron chi connectivity index (χ3n) is 4.93. The number of fused-ring (bicyclic) bond motifs is 1. The molecule has 0 spiro atoms. The number of carbonyl (C=O) groups excluding carboxylic acids is 1. The van der Waals surface area contributed by atoms with Crippen LogP contribution in [0.15, 0.2) is 65.7 Å². The highest BCUT2D eigenvalue weighted by atomic mass is 16.1. The van der Waals surface area contributed by atoms with E-state index < -0.39 is 0 Å². The molecule has 0 fully saturated rings. The summed E-state index contributed by atoms with van der Waals surface area (Å²) in [5.74, 6) is 0.887. The van der Waals surface area contributed by atoms with Gasteiger partial charge in [-0.05, 0) is 33.7 Å². The Kier molecular flexibility index (Phi) is 5.85. The summed E-state index contributed by atoms with van der Waals surface area (Å²) < 4.78 is 0. The van der Waals surface area contributed by atoms with Crippen molar-refractivity contribution in [3.8, 4) is 0 Å². The Labute approximate surface area is 162 Å². The van der Waals surface area contributed by atoms with Gasteiger partial charge >= 0.3 is 0 Å². The van der Waals surface area contributed by atoms with Gasteiger partial charge in [-0.15, -0.1) is 0 Å². The van der Waals surface area contributed by atoms with Crippen LogP contribution >= 0.6 is 0 Å². The number of carbonyl (C=O) groups is 1. The first-order chi connectivity index (χ1) is 13.0. The summed E-state index contributed by atoms with van der Waals surface area (Å²) >= 11 is 0. The smallest absolute Gasteiger partial charge is 0.168 e. The van der Waals surface area contributed by atoms with Crippen molar-refractivity contribution in [3.05, 3.63) is 77.4 Å². The fraction of sp³-hybridized carbons (Fsp3) is 0.280. The van der Waals surface area contributed by atoms with Crippen molar-refractivity contribution in [2.75, 3.05) is 0 Å². The zero-order chi connectivity index (χ0) is 19.4. The van der Waals surface area contributed by atoms with Crippen molar-refractivity contribution in [1.29, 1.82) is 0 Å². The van der Waals surface area contributed by atoms with Crippen LogP contribution in [0.1, 0.15) is 67.4 Å². The summed E-state index contributed by atoms with van der Waals surface area (Å²) in [5.41, 5.74) is 4.25. The van der Waals surface area contributed by atoms with Gasteiger partial charge in [0.1, 0.15) is 0 Å². The number of nitrogens with zero attached hydrogens (tertiary/aromatic N) is 1. The van der Waals surface area contributed by atoms with E-state index in [0.29, 0.717) is 18.3 Å². The van der Waals surface area contributed by atoms with Crippen LogP contribution < -0.4 is 0 Å². The van der Waals surface area contributed by atoms with Crippen molar-refractivity contribution in [2.24, 2.45) is 4.99 Å². The van der Waals surface area contributed by atoms with E-state index in [2.05, 4.69) is 45.9 Å². The van der Waals surface area contributed by atoms with E-state index in [1.165, 1.54) is 11.1 Å². The van der Waals surface area contributed by atoms with Gasteiger partial charge < -0.3 is 0 Å². The van der Waals surface area contributed by atoms with Crippen LogP contribution in [-0.2, 0) is 0 Å². The topological polar surface area (TPSA) is 29.4 Å². The number of ketones is 1. The molecule has 138 valence electrons. The molecular weight excluding hydrogens is 330 g/mol. The van der Waals surface area contributed by atoms with Crippen LogP contribution in [-0.4, -0.2) is 12.0 Å². The molecule has 2 heteroatoms. The van der Waals surface area contributed by atoms with Crippen LogP contribution in [0.4, 0.5) is 5.69 Å². The second-order valence-electron chi connectivity index (χ2n) is 7.56. The zero-order valence-corrected chi connectivity index (χ0v) is 16.6. The molecule has 2 nitrogen and oxygen atoms in total. The van der Waals surface area contributed by atoms with E-state index >= 15 is 0 Å². The van der Waals surface area contributed by atoms with Gasteiger partial charge in [0.15, 0.2) is 5.78 Å².